The second-order valence-corrected chi connectivity index (χ2v) is 7.43. The highest BCUT2D eigenvalue weighted by Gasteiger charge is 2.43. The molecule has 3 atom stereocenters. The van der Waals surface area contributed by atoms with Crippen molar-refractivity contribution in [2.45, 2.75) is 46.2 Å². The van der Waals surface area contributed by atoms with Crippen molar-refractivity contribution >= 4 is 11.8 Å². The average molecular weight is 281 g/mol. The van der Waals surface area contributed by atoms with Crippen LogP contribution in [0.25, 0.3) is 0 Å². The predicted octanol–water partition coefficient (Wildman–Crippen LogP) is 0.700. The number of carbonyl (C=O) groups is 2. The van der Waals surface area contributed by atoms with Crippen molar-refractivity contribution in [2.75, 3.05) is 26.7 Å². The number of hydrogen-bond acceptors (Lipinski definition) is 3. The first-order chi connectivity index (χ1) is 9.20. The van der Waals surface area contributed by atoms with Crippen molar-refractivity contribution in [2.24, 2.45) is 11.3 Å². The second-order valence-electron chi connectivity index (χ2n) is 7.43. The molecule has 0 spiro atoms. The highest BCUT2D eigenvalue weighted by atomic mass is 16.2. The molecule has 0 radical (unpaired) electrons. The molecule has 3 unspecified atom stereocenters. The Kier molecular flexibility index (Phi) is 4.09. The summed E-state index contributed by atoms with van der Waals surface area (Å²) in [5.74, 6) is 0.457. The van der Waals surface area contributed by atoms with Crippen LogP contribution in [0.1, 0.15) is 34.1 Å². The van der Waals surface area contributed by atoms with Gasteiger partial charge in [-0.25, -0.2) is 0 Å². The molecule has 2 amide bonds. The number of rotatable bonds is 1. The molecule has 2 rings (SSSR count). The van der Waals surface area contributed by atoms with Gasteiger partial charge in [0.25, 0.3) is 0 Å². The van der Waals surface area contributed by atoms with Crippen molar-refractivity contribution in [3.05, 3.63) is 0 Å². The quantitative estimate of drug-likeness (QED) is 0.770. The van der Waals surface area contributed by atoms with E-state index in [1.165, 1.54) is 0 Å². The van der Waals surface area contributed by atoms with Crippen molar-refractivity contribution in [1.29, 1.82) is 0 Å². The SMILES string of the molecule is CC1CN(C)CCC1N1CC(=O)NC(C(C)(C)C)C1=O. The molecular weight excluding hydrogens is 254 g/mol. The Morgan fingerprint density at radius 1 is 1.25 bits per heavy atom. The molecule has 5 heteroatoms. The Labute approximate surface area is 121 Å². The van der Waals surface area contributed by atoms with Gasteiger partial charge in [-0.2, -0.15) is 0 Å². The number of nitrogens with zero attached hydrogens (tertiary/aromatic N) is 2. The third kappa shape index (κ3) is 2.97. The highest BCUT2D eigenvalue weighted by molar-refractivity contribution is 5.95. The van der Waals surface area contributed by atoms with E-state index in [2.05, 4.69) is 24.2 Å². The molecule has 1 N–H and O–H groups in total. The Bertz CT molecular complexity index is 402. The number of likely N-dealkylation sites (tertiary alicyclic amines) is 1. The molecule has 2 fully saturated rings. The molecule has 2 aliphatic rings. The molecule has 0 bridgehead atoms. The van der Waals surface area contributed by atoms with Gasteiger partial charge < -0.3 is 15.1 Å². The number of piperidine rings is 1. The number of nitrogens with one attached hydrogen (secondary N) is 1. The number of carbonyl (C=O) groups excluding carboxylic acids is 2. The summed E-state index contributed by atoms with van der Waals surface area (Å²) in [5.41, 5.74) is -0.250. The van der Waals surface area contributed by atoms with Crippen molar-refractivity contribution in [1.82, 2.24) is 15.1 Å². The second kappa shape index (κ2) is 5.35. The van der Waals surface area contributed by atoms with Gasteiger partial charge >= 0.3 is 0 Å². The van der Waals surface area contributed by atoms with Crippen LogP contribution in [0.4, 0.5) is 0 Å². The first kappa shape index (κ1) is 15.3. The van der Waals surface area contributed by atoms with E-state index < -0.39 is 6.04 Å². The minimum absolute atomic E-state index is 0.0318. The zero-order valence-electron chi connectivity index (χ0n) is 13.3. The van der Waals surface area contributed by atoms with Gasteiger partial charge in [0.05, 0.1) is 6.54 Å². The van der Waals surface area contributed by atoms with Gasteiger partial charge in [0.1, 0.15) is 6.04 Å². The van der Waals surface area contributed by atoms with Gasteiger partial charge in [-0.05, 0) is 31.3 Å². The van der Waals surface area contributed by atoms with Crippen LogP contribution < -0.4 is 5.32 Å². The van der Waals surface area contributed by atoms with Crippen LogP contribution in [0, 0.1) is 11.3 Å². The third-order valence-corrected chi connectivity index (χ3v) is 4.48. The van der Waals surface area contributed by atoms with E-state index in [1.54, 1.807) is 0 Å². The molecule has 20 heavy (non-hydrogen) atoms. The van der Waals surface area contributed by atoms with E-state index in [9.17, 15) is 9.59 Å². The Balaban J connectivity index is 2.18. The number of amides is 2. The van der Waals surface area contributed by atoms with Gasteiger partial charge in [-0.3, -0.25) is 9.59 Å². The minimum atomic E-state index is -0.407. The lowest BCUT2D eigenvalue weighted by Gasteiger charge is -2.46. The van der Waals surface area contributed by atoms with Crippen molar-refractivity contribution < 1.29 is 9.59 Å². The fraction of sp³-hybridized carbons (Fsp3) is 0.867. The maximum atomic E-state index is 12.7. The summed E-state index contributed by atoms with van der Waals surface area (Å²) in [4.78, 5) is 28.8. The lowest BCUT2D eigenvalue weighted by atomic mass is 9.83. The van der Waals surface area contributed by atoms with E-state index in [1.807, 2.05) is 25.7 Å². The van der Waals surface area contributed by atoms with Gasteiger partial charge in [-0.15, -0.1) is 0 Å². The zero-order chi connectivity index (χ0) is 15.1. The monoisotopic (exact) mass is 281 g/mol. The van der Waals surface area contributed by atoms with Gasteiger partial charge in [0.2, 0.25) is 11.8 Å². The zero-order valence-corrected chi connectivity index (χ0v) is 13.3. The van der Waals surface area contributed by atoms with Crippen LogP contribution in [0.15, 0.2) is 0 Å². The van der Waals surface area contributed by atoms with Gasteiger partial charge in [0, 0.05) is 12.6 Å². The highest BCUT2D eigenvalue weighted by Crippen LogP contribution is 2.28. The largest absolute Gasteiger partial charge is 0.342 e. The number of hydrogen-bond donors (Lipinski definition) is 1. The van der Waals surface area contributed by atoms with Crippen molar-refractivity contribution in [3.63, 3.8) is 0 Å². The molecule has 0 aromatic rings. The molecular formula is C15H27N3O2. The van der Waals surface area contributed by atoms with Gasteiger partial charge in [-0.1, -0.05) is 27.7 Å². The fourth-order valence-electron chi connectivity index (χ4n) is 3.34. The van der Waals surface area contributed by atoms with Crippen LogP contribution in [-0.4, -0.2) is 60.4 Å². The van der Waals surface area contributed by atoms with E-state index in [0.717, 1.165) is 19.5 Å². The minimum Gasteiger partial charge on any atom is -0.342 e. The lowest BCUT2D eigenvalue weighted by molar-refractivity contribution is -0.152. The molecule has 0 aromatic carbocycles. The Morgan fingerprint density at radius 2 is 1.90 bits per heavy atom. The molecule has 0 aliphatic carbocycles. The van der Waals surface area contributed by atoms with E-state index in [4.69, 9.17) is 0 Å². The maximum Gasteiger partial charge on any atom is 0.246 e. The Morgan fingerprint density at radius 3 is 2.45 bits per heavy atom. The summed E-state index contributed by atoms with van der Waals surface area (Å²) in [6.45, 7) is 10.3. The van der Waals surface area contributed by atoms with Crippen LogP contribution in [0.5, 0.6) is 0 Å². The summed E-state index contributed by atoms with van der Waals surface area (Å²) < 4.78 is 0. The first-order valence-corrected chi connectivity index (χ1v) is 7.48. The standard InChI is InChI=1S/C15H27N3O2/c1-10-8-17(5)7-6-11(10)18-9-12(19)16-13(14(18)20)15(2,3)4/h10-11,13H,6-9H2,1-5H3,(H,16,19). The smallest absolute Gasteiger partial charge is 0.246 e. The average Bonchev–Trinajstić information content (AvgIpc) is 2.31. The summed E-state index contributed by atoms with van der Waals surface area (Å²) >= 11 is 0. The molecule has 5 nitrogen and oxygen atoms in total. The molecule has 2 heterocycles. The molecule has 2 aliphatic heterocycles. The summed E-state index contributed by atoms with van der Waals surface area (Å²) in [5, 5.41) is 2.86. The first-order valence-electron chi connectivity index (χ1n) is 7.48. The summed E-state index contributed by atoms with van der Waals surface area (Å²) in [7, 11) is 2.11. The van der Waals surface area contributed by atoms with Crippen molar-refractivity contribution in [3.8, 4) is 0 Å². The third-order valence-electron chi connectivity index (χ3n) is 4.48. The summed E-state index contributed by atoms with van der Waals surface area (Å²) in [6.07, 6.45) is 0.952. The molecule has 0 aromatic heterocycles. The normalized spacial score (nSPS) is 33.2. The van der Waals surface area contributed by atoms with E-state index >= 15 is 0 Å². The maximum absolute atomic E-state index is 12.7. The Hall–Kier alpha value is -1.10. The predicted molar refractivity (Wildman–Crippen MR) is 78.2 cm³/mol. The van der Waals surface area contributed by atoms with Crippen LogP contribution in [-0.2, 0) is 9.59 Å². The van der Waals surface area contributed by atoms with Crippen LogP contribution >= 0.6 is 0 Å². The topological polar surface area (TPSA) is 52.6 Å². The van der Waals surface area contributed by atoms with Crippen LogP contribution in [0.3, 0.4) is 0 Å². The lowest BCUT2D eigenvalue weighted by Crippen LogP contribution is -2.66. The van der Waals surface area contributed by atoms with Crippen LogP contribution in [0.2, 0.25) is 0 Å². The number of piperazine rings is 1. The van der Waals surface area contributed by atoms with E-state index in [-0.39, 0.29) is 29.8 Å². The summed E-state index contributed by atoms with van der Waals surface area (Å²) in [6, 6.07) is -0.217. The molecule has 2 saturated heterocycles. The molecule has 0 saturated carbocycles. The molecule has 114 valence electrons. The van der Waals surface area contributed by atoms with E-state index in [0.29, 0.717) is 5.92 Å². The fourth-order valence-corrected chi connectivity index (χ4v) is 3.34. The van der Waals surface area contributed by atoms with Gasteiger partial charge in [0.15, 0.2) is 0 Å².